The summed E-state index contributed by atoms with van der Waals surface area (Å²) < 4.78 is 0. The summed E-state index contributed by atoms with van der Waals surface area (Å²) in [4.78, 5) is 2.29. The van der Waals surface area contributed by atoms with Crippen LogP contribution < -0.4 is 4.90 Å². The van der Waals surface area contributed by atoms with E-state index in [0.29, 0.717) is 0 Å². The Hall–Kier alpha value is -3.32. The van der Waals surface area contributed by atoms with Crippen LogP contribution in [0.15, 0.2) is 91.0 Å². The molecular formula is C31H37N. The zero-order chi connectivity index (χ0) is 22.4. The SMILES string of the molecule is C.Cc1cc(C)cc(C)c1.Cc1ccc(N(c2ccc(C)cc2)c2ccc(C)cc2)cc1. The van der Waals surface area contributed by atoms with Gasteiger partial charge in [-0.25, -0.2) is 0 Å². The minimum absolute atomic E-state index is 0. The minimum atomic E-state index is 0. The predicted molar refractivity (Wildman–Crippen MR) is 143 cm³/mol. The first kappa shape index (κ1) is 24.9. The van der Waals surface area contributed by atoms with Gasteiger partial charge in [-0.05, 0) is 77.9 Å². The highest BCUT2D eigenvalue weighted by atomic mass is 15.1. The standard InChI is InChI=1S/C21H21N.C9H12.CH4/c1-16-4-10-19(11-5-16)22(20-12-6-17(2)7-13-20)21-14-8-18(3)9-15-21;1-7-4-8(2)6-9(3)5-7;/h4-15H,1-3H3;4-6H,1-3H3;1H4. The highest BCUT2D eigenvalue weighted by molar-refractivity contribution is 5.76. The molecule has 0 bridgehead atoms. The molecule has 0 aliphatic heterocycles. The van der Waals surface area contributed by atoms with Gasteiger partial charge in [0.1, 0.15) is 0 Å². The maximum absolute atomic E-state index is 2.29. The number of rotatable bonds is 3. The van der Waals surface area contributed by atoms with Crippen LogP contribution in [-0.4, -0.2) is 0 Å². The Bertz CT molecular complexity index is 946. The number of hydrogen-bond donors (Lipinski definition) is 0. The van der Waals surface area contributed by atoms with Gasteiger partial charge in [0.15, 0.2) is 0 Å². The van der Waals surface area contributed by atoms with Crippen LogP contribution in [0.5, 0.6) is 0 Å². The molecule has 0 radical (unpaired) electrons. The third-order valence-corrected chi connectivity index (χ3v) is 5.24. The predicted octanol–water partition coefficient (Wildman–Crippen LogP) is 9.33. The van der Waals surface area contributed by atoms with Crippen LogP contribution in [0.2, 0.25) is 0 Å². The third-order valence-electron chi connectivity index (χ3n) is 5.24. The first-order valence-electron chi connectivity index (χ1n) is 10.9. The number of anilines is 3. The topological polar surface area (TPSA) is 3.24 Å². The van der Waals surface area contributed by atoms with Crippen molar-refractivity contribution >= 4 is 17.1 Å². The van der Waals surface area contributed by atoms with Gasteiger partial charge in [0.25, 0.3) is 0 Å². The first-order chi connectivity index (χ1) is 14.8. The van der Waals surface area contributed by atoms with Gasteiger partial charge in [-0.2, -0.15) is 0 Å². The molecule has 0 fully saturated rings. The van der Waals surface area contributed by atoms with Gasteiger partial charge in [-0.1, -0.05) is 95.4 Å². The largest absolute Gasteiger partial charge is 0.311 e. The molecule has 0 aromatic heterocycles. The summed E-state index contributed by atoms with van der Waals surface area (Å²) in [5.41, 5.74) is 11.4. The Morgan fingerprint density at radius 1 is 0.344 bits per heavy atom. The zero-order valence-electron chi connectivity index (χ0n) is 19.6. The van der Waals surface area contributed by atoms with E-state index in [0.717, 1.165) is 0 Å². The van der Waals surface area contributed by atoms with Gasteiger partial charge >= 0.3 is 0 Å². The van der Waals surface area contributed by atoms with Crippen molar-refractivity contribution in [1.29, 1.82) is 0 Å². The van der Waals surface area contributed by atoms with E-state index in [1.54, 1.807) is 0 Å². The van der Waals surface area contributed by atoms with Crippen LogP contribution in [0, 0.1) is 41.5 Å². The van der Waals surface area contributed by atoms with Gasteiger partial charge in [0.2, 0.25) is 0 Å². The smallest absolute Gasteiger partial charge is 0.0461 e. The summed E-state index contributed by atoms with van der Waals surface area (Å²) in [7, 11) is 0. The Balaban J connectivity index is 0.000000307. The van der Waals surface area contributed by atoms with Gasteiger partial charge in [-0.15, -0.1) is 0 Å². The summed E-state index contributed by atoms with van der Waals surface area (Å²) in [6.45, 7) is 12.7. The van der Waals surface area contributed by atoms with Crippen molar-refractivity contribution in [3.05, 3.63) is 124 Å². The van der Waals surface area contributed by atoms with Gasteiger partial charge in [-0.3, -0.25) is 0 Å². The zero-order valence-corrected chi connectivity index (χ0v) is 19.6. The van der Waals surface area contributed by atoms with Crippen LogP contribution in [-0.2, 0) is 0 Å². The highest BCUT2D eigenvalue weighted by Crippen LogP contribution is 2.34. The van der Waals surface area contributed by atoms with Crippen molar-refractivity contribution in [1.82, 2.24) is 0 Å². The molecule has 0 unspecified atom stereocenters. The second-order valence-corrected chi connectivity index (χ2v) is 8.51. The van der Waals surface area contributed by atoms with Crippen LogP contribution in [0.4, 0.5) is 17.1 Å². The molecule has 0 aliphatic carbocycles. The van der Waals surface area contributed by atoms with E-state index in [4.69, 9.17) is 0 Å². The molecule has 32 heavy (non-hydrogen) atoms. The molecule has 0 saturated heterocycles. The molecule has 0 atom stereocenters. The van der Waals surface area contributed by atoms with Crippen LogP contribution in [0.1, 0.15) is 40.8 Å². The lowest BCUT2D eigenvalue weighted by molar-refractivity contribution is 1.26. The van der Waals surface area contributed by atoms with E-state index in [-0.39, 0.29) is 7.43 Å². The molecule has 4 rings (SSSR count). The molecule has 4 aromatic carbocycles. The molecular weight excluding hydrogens is 386 g/mol. The van der Waals surface area contributed by atoms with E-state index in [2.05, 4.69) is 137 Å². The fraction of sp³-hybridized carbons (Fsp3) is 0.226. The van der Waals surface area contributed by atoms with Crippen molar-refractivity contribution in [2.24, 2.45) is 0 Å². The number of aryl methyl sites for hydroxylation is 6. The van der Waals surface area contributed by atoms with Crippen molar-refractivity contribution in [3.63, 3.8) is 0 Å². The fourth-order valence-electron chi connectivity index (χ4n) is 3.73. The summed E-state index contributed by atoms with van der Waals surface area (Å²) in [6.07, 6.45) is 0. The van der Waals surface area contributed by atoms with Gasteiger partial charge < -0.3 is 4.90 Å². The van der Waals surface area contributed by atoms with Crippen molar-refractivity contribution in [2.75, 3.05) is 4.90 Å². The van der Waals surface area contributed by atoms with E-state index >= 15 is 0 Å². The molecule has 4 aromatic rings. The van der Waals surface area contributed by atoms with E-state index in [1.165, 1.54) is 50.4 Å². The summed E-state index contributed by atoms with van der Waals surface area (Å²) in [5.74, 6) is 0. The Morgan fingerprint density at radius 3 is 0.781 bits per heavy atom. The Kier molecular flexibility index (Phi) is 8.84. The van der Waals surface area contributed by atoms with E-state index in [1.807, 2.05) is 0 Å². The van der Waals surface area contributed by atoms with E-state index < -0.39 is 0 Å². The maximum atomic E-state index is 2.29. The lowest BCUT2D eigenvalue weighted by Crippen LogP contribution is -2.09. The van der Waals surface area contributed by atoms with Crippen molar-refractivity contribution < 1.29 is 0 Å². The number of benzene rings is 4. The molecule has 1 heteroatoms. The number of nitrogens with zero attached hydrogens (tertiary/aromatic N) is 1. The third kappa shape index (κ3) is 6.85. The molecule has 0 amide bonds. The van der Waals surface area contributed by atoms with Gasteiger partial charge in [0, 0.05) is 17.1 Å². The van der Waals surface area contributed by atoms with Crippen LogP contribution in [0.25, 0.3) is 0 Å². The van der Waals surface area contributed by atoms with Gasteiger partial charge in [0.05, 0.1) is 0 Å². The first-order valence-corrected chi connectivity index (χ1v) is 10.9. The fourth-order valence-corrected chi connectivity index (χ4v) is 3.73. The normalized spacial score (nSPS) is 9.94. The van der Waals surface area contributed by atoms with E-state index in [9.17, 15) is 0 Å². The minimum Gasteiger partial charge on any atom is -0.311 e. The highest BCUT2D eigenvalue weighted by Gasteiger charge is 2.11. The van der Waals surface area contributed by atoms with Crippen LogP contribution in [0.3, 0.4) is 0 Å². The maximum Gasteiger partial charge on any atom is 0.0461 e. The van der Waals surface area contributed by atoms with Crippen LogP contribution >= 0.6 is 0 Å². The monoisotopic (exact) mass is 423 g/mol. The summed E-state index contributed by atoms with van der Waals surface area (Å²) >= 11 is 0. The molecule has 0 N–H and O–H groups in total. The molecule has 1 nitrogen and oxygen atoms in total. The molecule has 0 saturated carbocycles. The summed E-state index contributed by atoms with van der Waals surface area (Å²) in [5, 5.41) is 0. The van der Waals surface area contributed by atoms with Crippen molar-refractivity contribution in [3.8, 4) is 0 Å². The lowest BCUT2D eigenvalue weighted by Gasteiger charge is -2.25. The second-order valence-electron chi connectivity index (χ2n) is 8.51. The number of hydrogen-bond acceptors (Lipinski definition) is 1. The van der Waals surface area contributed by atoms with Crippen molar-refractivity contribution in [2.45, 2.75) is 49.0 Å². The quantitative estimate of drug-likeness (QED) is 0.317. The molecule has 0 spiro atoms. The second kappa shape index (κ2) is 11.3. The average Bonchev–Trinajstić information content (AvgIpc) is 2.72. The molecule has 166 valence electrons. The lowest BCUT2D eigenvalue weighted by atomic mass is 10.1. The summed E-state index contributed by atoms with van der Waals surface area (Å²) in [6, 6.07) is 32.6. The average molecular weight is 424 g/mol. The molecule has 0 heterocycles. The Morgan fingerprint density at radius 2 is 0.562 bits per heavy atom. The Labute approximate surface area is 195 Å². The molecule has 0 aliphatic rings.